The van der Waals surface area contributed by atoms with Crippen LogP contribution < -0.4 is 5.32 Å². The van der Waals surface area contributed by atoms with Crippen LogP contribution >= 0.6 is 11.8 Å². The Balaban J connectivity index is 1.51. The predicted octanol–water partition coefficient (Wildman–Crippen LogP) is 5.00. The molecular formula is C26H26N4OS. The number of benzene rings is 3. The first kappa shape index (κ1) is 20.8. The smallest absolute Gasteiger partial charge is 0.230 e. The number of fused-ring (bicyclic) bond motifs is 1. The van der Waals surface area contributed by atoms with E-state index in [1.165, 1.54) is 33.7 Å². The number of amides is 1. The summed E-state index contributed by atoms with van der Waals surface area (Å²) < 4.78 is 2.12. The highest BCUT2D eigenvalue weighted by Crippen LogP contribution is 2.28. The van der Waals surface area contributed by atoms with Crippen LogP contribution in [0.4, 0.5) is 0 Å². The van der Waals surface area contributed by atoms with Crippen LogP contribution in [-0.4, -0.2) is 32.5 Å². The van der Waals surface area contributed by atoms with Crippen molar-refractivity contribution in [1.82, 2.24) is 20.1 Å². The fourth-order valence-corrected chi connectivity index (χ4v) is 4.83. The van der Waals surface area contributed by atoms with Gasteiger partial charge in [0.05, 0.1) is 11.4 Å². The van der Waals surface area contributed by atoms with Gasteiger partial charge in [-0.15, -0.1) is 10.2 Å². The SMILES string of the molecule is Cc1ccc(-n2c(Cc3cccc4ccccc34)nnc2SCC(=O)NC2CC2)c(C)c1. The quantitative estimate of drug-likeness (QED) is 0.409. The molecule has 5 rings (SSSR count). The van der Waals surface area contributed by atoms with E-state index in [9.17, 15) is 4.79 Å². The first-order chi connectivity index (χ1) is 15.6. The molecule has 6 heteroatoms. The zero-order valence-electron chi connectivity index (χ0n) is 18.3. The second kappa shape index (κ2) is 8.79. The molecule has 1 N–H and O–H groups in total. The van der Waals surface area contributed by atoms with Crippen molar-refractivity contribution in [2.45, 2.75) is 44.3 Å². The fraction of sp³-hybridized carbons (Fsp3) is 0.269. The van der Waals surface area contributed by atoms with Crippen molar-refractivity contribution in [1.29, 1.82) is 0 Å². The van der Waals surface area contributed by atoms with Gasteiger partial charge >= 0.3 is 0 Å². The number of thioether (sulfide) groups is 1. The lowest BCUT2D eigenvalue weighted by Gasteiger charge is -2.14. The van der Waals surface area contributed by atoms with E-state index < -0.39 is 0 Å². The predicted molar refractivity (Wildman–Crippen MR) is 129 cm³/mol. The number of aryl methyl sites for hydroxylation is 2. The minimum absolute atomic E-state index is 0.0586. The molecule has 5 nitrogen and oxygen atoms in total. The molecule has 0 saturated heterocycles. The summed E-state index contributed by atoms with van der Waals surface area (Å²) in [7, 11) is 0. The van der Waals surface area contributed by atoms with E-state index in [2.05, 4.69) is 94.6 Å². The largest absolute Gasteiger partial charge is 0.353 e. The molecule has 1 amide bonds. The van der Waals surface area contributed by atoms with Crippen LogP contribution in [0.1, 0.15) is 35.4 Å². The Morgan fingerprint density at radius 2 is 1.88 bits per heavy atom. The molecule has 0 radical (unpaired) electrons. The fourth-order valence-electron chi connectivity index (χ4n) is 4.05. The average Bonchev–Trinajstić information content (AvgIpc) is 3.51. The first-order valence-electron chi connectivity index (χ1n) is 11.0. The minimum atomic E-state index is 0.0586. The average molecular weight is 443 g/mol. The highest BCUT2D eigenvalue weighted by Gasteiger charge is 2.24. The van der Waals surface area contributed by atoms with Crippen LogP contribution in [0.2, 0.25) is 0 Å². The maximum Gasteiger partial charge on any atom is 0.230 e. The van der Waals surface area contributed by atoms with Gasteiger partial charge in [-0.1, -0.05) is 71.9 Å². The van der Waals surface area contributed by atoms with E-state index in [1.54, 1.807) is 0 Å². The number of carbonyl (C=O) groups excluding carboxylic acids is 1. The third kappa shape index (κ3) is 4.41. The molecule has 0 unspecified atom stereocenters. The number of aromatic nitrogens is 3. The molecule has 0 spiro atoms. The number of nitrogens with zero attached hydrogens (tertiary/aromatic N) is 3. The second-order valence-electron chi connectivity index (χ2n) is 8.47. The van der Waals surface area contributed by atoms with Crippen molar-refractivity contribution >= 4 is 28.4 Å². The van der Waals surface area contributed by atoms with Crippen molar-refractivity contribution in [2.75, 3.05) is 5.75 Å². The van der Waals surface area contributed by atoms with Gasteiger partial charge in [-0.25, -0.2) is 0 Å². The number of hydrogen-bond acceptors (Lipinski definition) is 4. The van der Waals surface area contributed by atoms with Gasteiger partial charge in [0.15, 0.2) is 5.16 Å². The highest BCUT2D eigenvalue weighted by molar-refractivity contribution is 7.99. The lowest BCUT2D eigenvalue weighted by atomic mass is 10.0. The highest BCUT2D eigenvalue weighted by atomic mass is 32.2. The molecule has 0 atom stereocenters. The summed E-state index contributed by atoms with van der Waals surface area (Å²) in [5.41, 5.74) is 4.65. The summed E-state index contributed by atoms with van der Waals surface area (Å²) in [4.78, 5) is 12.3. The van der Waals surface area contributed by atoms with Crippen molar-refractivity contribution in [3.05, 3.63) is 83.2 Å². The van der Waals surface area contributed by atoms with Gasteiger partial charge in [0.1, 0.15) is 5.82 Å². The van der Waals surface area contributed by atoms with Gasteiger partial charge in [-0.3, -0.25) is 9.36 Å². The maximum atomic E-state index is 12.3. The Morgan fingerprint density at radius 3 is 2.69 bits per heavy atom. The van der Waals surface area contributed by atoms with Crippen molar-refractivity contribution < 1.29 is 4.79 Å². The van der Waals surface area contributed by atoms with Crippen molar-refractivity contribution in [3.63, 3.8) is 0 Å². The third-order valence-corrected chi connectivity index (χ3v) is 6.73. The standard InChI is InChI=1S/C26H26N4OS/c1-17-10-13-23(18(2)14-17)30-24(15-20-8-5-7-19-6-3-4-9-22(19)20)28-29-26(30)32-16-25(31)27-21-11-12-21/h3-10,13-14,21H,11-12,15-16H2,1-2H3,(H,27,31). The van der Waals surface area contributed by atoms with E-state index in [4.69, 9.17) is 0 Å². The topological polar surface area (TPSA) is 59.8 Å². The summed E-state index contributed by atoms with van der Waals surface area (Å²) in [6.45, 7) is 4.20. The molecule has 1 saturated carbocycles. The molecule has 0 aliphatic heterocycles. The van der Waals surface area contributed by atoms with Gasteiger partial charge < -0.3 is 5.32 Å². The van der Waals surface area contributed by atoms with Gasteiger partial charge in [-0.2, -0.15) is 0 Å². The third-order valence-electron chi connectivity index (χ3n) is 5.80. The lowest BCUT2D eigenvalue weighted by molar-refractivity contribution is -0.118. The van der Waals surface area contributed by atoms with Gasteiger partial charge in [0.25, 0.3) is 0 Å². The Kier molecular flexibility index (Phi) is 5.70. The molecule has 1 heterocycles. The van der Waals surface area contributed by atoms with Crippen molar-refractivity contribution in [2.24, 2.45) is 0 Å². The summed E-state index contributed by atoms with van der Waals surface area (Å²) in [5.74, 6) is 1.27. The molecule has 1 aromatic heterocycles. The Morgan fingerprint density at radius 1 is 1.06 bits per heavy atom. The number of rotatable bonds is 7. The molecule has 1 aliphatic rings. The summed E-state index contributed by atoms with van der Waals surface area (Å²) >= 11 is 1.44. The van der Waals surface area contributed by atoms with Gasteiger partial charge in [0.2, 0.25) is 5.91 Å². The zero-order chi connectivity index (χ0) is 22.1. The van der Waals surface area contributed by atoms with Crippen molar-refractivity contribution in [3.8, 4) is 5.69 Å². The normalized spacial score (nSPS) is 13.4. The van der Waals surface area contributed by atoms with E-state index in [0.717, 1.165) is 35.1 Å². The van der Waals surface area contributed by atoms with E-state index >= 15 is 0 Å². The molecule has 1 fully saturated rings. The number of hydrogen-bond donors (Lipinski definition) is 1. The maximum absolute atomic E-state index is 12.3. The van der Waals surface area contributed by atoms with Crippen LogP contribution in [-0.2, 0) is 11.2 Å². The van der Waals surface area contributed by atoms with E-state index in [1.807, 2.05) is 0 Å². The van der Waals surface area contributed by atoms with Gasteiger partial charge in [0, 0.05) is 12.5 Å². The number of nitrogens with one attached hydrogen (secondary N) is 1. The Labute approximate surface area is 192 Å². The first-order valence-corrected chi connectivity index (χ1v) is 12.0. The van der Waals surface area contributed by atoms with Crippen LogP contribution in [0.25, 0.3) is 16.5 Å². The molecule has 4 aromatic rings. The molecular weight excluding hydrogens is 416 g/mol. The minimum Gasteiger partial charge on any atom is -0.353 e. The monoisotopic (exact) mass is 442 g/mol. The summed E-state index contributed by atoms with van der Waals surface area (Å²) in [6.07, 6.45) is 2.84. The lowest BCUT2D eigenvalue weighted by Crippen LogP contribution is -2.27. The van der Waals surface area contributed by atoms with E-state index in [-0.39, 0.29) is 5.91 Å². The van der Waals surface area contributed by atoms with Gasteiger partial charge in [-0.05, 0) is 54.7 Å². The molecule has 0 bridgehead atoms. The van der Waals surface area contributed by atoms with Crippen LogP contribution in [0, 0.1) is 13.8 Å². The van der Waals surface area contributed by atoms with Crippen LogP contribution in [0.15, 0.2) is 65.8 Å². The molecule has 162 valence electrons. The van der Waals surface area contributed by atoms with E-state index in [0.29, 0.717) is 18.2 Å². The summed E-state index contributed by atoms with van der Waals surface area (Å²) in [6, 6.07) is 21.6. The second-order valence-corrected chi connectivity index (χ2v) is 9.41. The van der Waals surface area contributed by atoms with Crippen LogP contribution in [0.5, 0.6) is 0 Å². The summed E-state index contributed by atoms with van der Waals surface area (Å²) in [5, 5.41) is 15.3. The van der Waals surface area contributed by atoms with Crippen LogP contribution in [0.3, 0.4) is 0 Å². The molecule has 3 aromatic carbocycles. The molecule has 1 aliphatic carbocycles. The number of carbonyl (C=O) groups is 1. The molecule has 32 heavy (non-hydrogen) atoms. The Bertz CT molecular complexity index is 1290. The Hall–Kier alpha value is -3.12. The zero-order valence-corrected chi connectivity index (χ0v) is 19.2.